The lowest BCUT2D eigenvalue weighted by molar-refractivity contribution is 0.467. The molecule has 1 unspecified atom stereocenters. The molecule has 2 N–H and O–H groups in total. The number of hydrogen-bond acceptors (Lipinski definition) is 3. The third-order valence-corrected chi connectivity index (χ3v) is 5.52. The molecule has 0 amide bonds. The Hall–Kier alpha value is -1.27. The standard InChI is InChI=1S/C18H30N2O3S/c1-2-3-4-5-6-7-8-9-10-15-18-19-16-13-11-12-14-17(16)20(18)24(21,22)23/h11-14,18-19H,2-10,15H2,1H3,(H,21,22,23). The third kappa shape index (κ3) is 5.38. The molecule has 136 valence electrons. The molecule has 0 saturated heterocycles. The zero-order valence-corrected chi connectivity index (χ0v) is 15.4. The molecule has 0 radical (unpaired) electrons. The molecule has 1 aliphatic rings. The predicted octanol–water partition coefficient (Wildman–Crippen LogP) is 4.97. The van der Waals surface area contributed by atoms with Gasteiger partial charge in [0.15, 0.2) is 0 Å². The fourth-order valence-corrected chi connectivity index (χ4v) is 4.20. The van der Waals surface area contributed by atoms with Gasteiger partial charge in [0.05, 0.1) is 11.4 Å². The average Bonchev–Trinajstić information content (AvgIpc) is 2.91. The highest BCUT2D eigenvalue weighted by Crippen LogP contribution is 2.37. The van der Waals surface area contributed by atoms with Gasteiger partial charge < -0.3 is 5.32 Å². The molecule has 1 atom stereocenters. The lowest BCUT2D eigenvalue weighted by Gasteiger charge is -2.23. The molecule has 0 fully saturated rings. The summed E-state index contributed by atoms with van der Waals surface area (Å²) >= 11 is 0. The molecule has 0 aromatic heterocycles. The molecule has 24 heavy (non-hydrogen) atoms. The minimum atomic E-state index is -4.25. The molecule has 2 rings (SSSR count). The van der Waals surface area contributed by atoms with Gasteiger partial charge in [0.2, 0.25) is 0 Å². The summed E-state index contributed by atoms with van der Waals surface area (Å²) in [4.78, 5) is 0. The van der Waals surface area contributed by atoms with Gasteiger partial charge in [-0.05, 0) is 25.0 Å². The summed E-state index contributed by atoms with van der Waals surface area (Å²) < 4.78 is 34.1. The Bertz CT molecular complexity index is 604. The summed E-state index contributed by atoms with van der Waals surface area (Å²) in [6.45, 7) is 2.23. The summed E-state index contributed by atoms with van der Waals surface area (Å²) in [6.07, 6.45) is 11.4. The maximum Gasteiger partial charge on any atom is 0.361 e. The predicted molar refractivity (Wildman–Crippen MR) is 99.7 cm³/mol. The Labute approximate surface area is 146 Å². The monoisotopic (exact) mass is 354 g/mol. The summed E-state index contributed by atoms with van der Waals surface area (Å²) in [5.41, 5.74) is 1.29. The second kappa shape index (κ2) is 9.28. The number of benzene rings is 1. The van der Waals surface area contributed by atoms with Crippen molar-refractivity contribution in [3.8, 4) is 0 Å². The Morgan fingerprint density at radius 2 is 1.58 bits per heavy atom. The minimum absolute atomic E-state index is 0.387. The van der Waals surface area contributed by atoms with E-state index in [0.29, 0.717) is 12.1 Å². The maximum atomic E-state index is 11.7. The topological polar surface area (TPSA) is 69.6 Å². The van der Waals surface area contributed by atoms with Crippen molar-refractivity contribution in [2.45, 2.75) is 77.3 Å². The fraction of sp³-hybridized carbons (Fsp3) is 0.667. The van der Waals surface area contributed by atoms with E-state index < -0.39 is 10.3 Å². The summed E-state index contributed by atoms with van der Waals surface area (Å²) in [7, 11) is -4.25. The van der Waals surface area contributed by atoms with Crippen LogP contribution in [0.15, 0.2) is 24.3 Å². The second-order valence-electron chi connectivity index (χ2n) is 6.57. The van der Waals surface area contributed by atoms with E-state index in [9.17, 15) is 13.0 Å². The lowest BCUT2D eigenvalue weighted by Crippen LogP contribution is -2.40. The lowest BCUT2D eigenvalue weighted by atomic mass is 10.1. The highest BCUT2D eigenvalue weighted by atomic mass is 32.2. The number of nitrogens with zero attached hydrogens (tertiary/aromatic N) is 1. The molecular formula is C18H30N2O3S. The SMILES string of the molecule is CCCCCCCCCCCC1Nc2ccccc2N1S(=O)(=O)O. The normalized spacial score (nSPS) is 16.9. The van der Waals surface area contributed by atoms with Crippen molar-refractivity contribution in [3.63, 3.8) is 0 Å². The first-order chi connectivity index (χ1) is 11.5. The highest BCUT2D eigenvalue weighted by molar-refractivity contribution is 7.87. The molecule has 0 aliphatic carbocycles. The molecule has 1 aromatic carbocycles. The van der Waals surface area contributed by atoms with Crippen molar-refractivity contribution in [2.24, 2.45) is 0 Å². The Morgan fingerprint density at radius 1 is 1.00 bits per heavy atom. The number of fused-ring (bicyclic) bond motifs is 1. The molecule has 1 heterocycles. The highest BCUT2D eigenvalue weighted by Gasteiger charge is 2.35. The average molecular weight is 355 g/mol. The second-order valence-corrected chi connectivity index (χ2v) is 7.86. The van der Waals surface area contributed by atoms with E-state index in [1.54, 1.807) is 12.1 Å². The van der Waals surface area contributed by atoms with Crippen molar-refractivity contribution in [1.29, 1.82) is 0 Å². The van der Waals surface area contributed by atoms with Crippen molar-refractivity contribution in [2.75, 3.05) is 9.62 Å². The molecule has 1 aromatic rings. The van der Waals surface area contributed by atoms with Gasteiger partial charge in [0, 0.05) is 0 Å². The van der Waals surface area contributed by atoms with E-state index in [1.807, 2.05) is 12.1 Å². The van der Waals surface area contributed by atoms with Crippen LogP contribution in [0, 0.1) is 0 Å². The van der Waals surface area contributed by atoms with Crippen LogP contribution in [-0.4, -0.2) is 19.1 Å². The number of para-hydroxylation sites is 2. The molecule has 5 nitrogen and oxygen atoms in total. The molecule has 6 heteroatoms. The van der Waals surface area contributed by atoms with Crippen LogP contribution in [0.25, 0.3) is 0 Å². The first-order valence-corrected chi connectivity index (χ1v) is 10.6. The van der Waals surface area contributed by atoms with Crippen molar-refractivity contribution >= 4 is 21.7 Å². The van der Waals surface area contributed by atoms with Crippen LogP contribution in [0.2, 0.25) is 0 Å². The zero-order chi connectivity index (χ0) is 17.4. The van der Waals surface area contributed by atoms with Crippen molar-refractivity contribution < 1.29 is 13.0 Å². The van der Waals surface area contributed by atoms with Crippen LogP contribution in [0.5, 0.6) is 0 Å². The number of nitrogens with one attached hydrogen (secondary N) is 1. The Kier molecular flexibility index (Phi) is 7.37. The minimum Gasteiger partial charge on any atom is -0.363 e. The first-order valence-electron chi connectivity index (χ1n) is 9.16. The van der Waals surface area contributed by atoms with Crippen LogP contribution in [0.3, 0.4) is 0 Å². The Morgan fingerprint density at radius 3 is 2.21 bits per heavy atom. The van der Waals surface area contributed by atoms with E-state index in [-0.39, 0.29) is 6.17 Å². The fourth-order valence-electron chi connectivity index (χ4n) is 3.32. The number of unbranched alkanes of at least 4 members (excludes halogenated alkanes) is 8. The van der Waals surface area contributed by atoms with Crippen LogP contribution < -0.4 is 9.62 Å². The van der Waals surface area contributed by atoms with Crippen molar-refractivity contribution in [1.82, 2.24) is 0 Å². The molecule has 1 aliphatic heterocycles. The molecule has 0 bridgehead atoms. The number of rotatable bonds is 11. The van der Waals surface area contributed by atoms with E-state index >= 15 is 0 Å². The molecule has 0 spiro atoms. The maximum absolute atomic E-state index is 11.7. The largest absolute Gasteiger partial charge is 0.363 e. The molecular weight excluding hydrogens is 324 g/mol. The third-order valence-electron chi connectivity index (χ3n) is 4.58. The molecule has 0 saturated carbocycles. The van der Waals surface area contributed by atoms with Gasteiger partial charge >= 0.3 is 10.3 Å². The van der Waals surface area contributed by atoms with E-state index in [2.05, 4.69) is 12.2 Å². The van der Waals surface area contributed by atoms with Crippen LogP contribution >= 0.6 is 0 Å². The summed E-state index contributed by atoms with van der Waals surface area (Å²) in [5.74, 6) is 0. The van der Waals surface area contributed by atoms with Gasteiger partial charge in [-0.25, -0.2) is 4.31 Å². The van der Waals surface area contributed by atoms with E-state index in [4.69, 9.17) is 0 Å². The van der Waals surface area contributed by atoms with Gasteiger partial charge in [-0.1, -0.05) is 70.4 Å². The van der Waals surface area contributed by atoms with Gasteiger partial charge in [-0.3, -0.25) is 4.55 Å². The van der Waals surface area contributed by atoms with Gasteiger partial charge in [-0.15, -0.1) is 0 Å². The van der Waals surface area contributed by atoms with Crippen LogP contribution in [0.4, 0.5) is 11.4 Å². The summed E-state index contributed by atoms with van der Waals surface area (Å²) in [6, 6.07) is 7.19. The van der Waals surface area contributed by atoms with E-state index in [0.717, 1.165) is 22.8 Å². The van der Waals surface area contributed by atoms with Crippen LogP contribution in [0.1, 0.15) is 71.1 Å². The van der Waals surface area contributed by atoms with E-state index in [1.165, 1.54) is 44.9 Å². The quantitative estimate of drug-likeness (QED) is 0.435. The van der Waals surface area contributed by atoms with Gasteiger partial charge in [-0.2, -0.15) is 8.42 Å². The Balaban J connectivity index is 1.73. The van der Waals surface area contributed by atoms with Gasteiger partial charge in [0.1, 0.15) is 6.17 Å². The summed E-state index contributed by atoms with van der Waals surface area (Å²) in [5, 5.41) is 3.20. The van der Waals surface area contributed by atoms with Crippen molar-refractivity contribution in [3.05, 3.63) is 24.3 Å². The van der Waals surface area contributed by atoms with Crippen LogP contribution in [-0.2, 0) is 10.3 Å². The first kappa shape index (κ1) is 19.1. The number of anilines is 2. The smallest absolute Gasteiger partial charge is 0.361 e. The number of hydrogen-bond donors (Lipinski definition) is 2. The van der Waals surface area contributed by atoms with Gasteiger partial charge in [0.25, 0.3) is 0 Å². The zero-order valence-electron chi connectivity index (χ0n) is 14.6.